The Hall–Kier alpha value is -0.910. The van der Waals surface area contributed by atoms with Crippen molar-refractivity contribution in [2.45, 2.75) is 13.5 Å². The fraction of sp³-hybridized carbons (Fsp3) is 0.600. The number of aliphatic imine (C=N–C) groups is 1. The summed E-state index contributed by atoms with van der Waals surface area (Å²) in [5.74, 6) is 0.845. The number of fused-ring (bicyclic) bond motifs is 1. The maximum Gasteiger partial charge on any atom is 0.193 e. The first-order valence-electron chi connectivity index (χ1n) is 8.08. The van der Waals surface area contributed by atoms with Gasteiger partial charge in [0.2, 0.25) is 0 Å². The van der Waals surface area contributed by atoms with E-state index in [1.807, 2.05) is 22.2 Å². The van der Waals surface area contributed by atoms with E-state index in [-0.39, 0.29) is 24.0 Å². The van der Waals surface area contributed by atoms with Gasteiger partial charge in [-0.3, -0.25) is 9.30 Å². The lowest BCUT2D eigenvalue weighted by Gasteiger charge is -2.26. The zero-order valence-electron chi connectivity index (χ0n) is 13.9. The second kappa shape index (κ2) is 10.2. The van der Waals surface area contributed by atoms with Crippen LogP contribution in [0.3, 0.4) is 0 Å². The van der Waals surface area contributed by atoms with E-state index < -0.39 is 0 Å². The number of aromatic nitrogens is 2. The fourth-order valence-corrected chi connectivity index (χ4v) is 3.23. The minimum absolute atomic E-state index is 0. The van der Waals surface area contributed by atoms with E-state index in [1.165, 1.54) is 0 Å². The highest BCUT2D eigenvalue weighted by molar-refractivity contribution is 14.0. The summed E-state index contributed by atoms with van der Waals surface area (Å²) in [6.45, 7) is 9.10. The first kappa shape index (κ1) is 19.4. The van der Waals surface area contributed by atoms with Gasteiger partial charge in [0.15, 0.2) is 10.9 Å². The van der Waals surface area contributed by atoms with E-state index in [0.717, 1.165) is 62.6 Å². The van der Waals surface area contributed by atoms with Crippen LogP contribution in [0.25, 0.3) is 4.96 Å². The first-order chi connectivity index (χ1) is 11.3. The Morgan fingerprint density at radius 2 is 2.21 bits per heavy atom. The molecule has 2 aromatic rings. The van der Waals surface area contributed by atoms with E-state index in [2.05, 4.69) is 32.4 Å². The van der Waals surface area contributed by atoms with Gasteiger partial charge in [0.1, 0.15) is 0 Å². The van der Waals surface area contributed by atoms with Crippen molar-refractivity contribution in [2.24, 2.45) is 4.99 Å². The Balaban J connectivity index is 0.00000208. The summed E-state index contributed by atoms with van der Waals surface area (Å²) in [4.78, 5) is 12.6. The van der Waals surface area contributed by atoms with Gasteiger partial charge < -0.3 is 15.4 Å². The van der Waals surface area contributed by atoms with Crippen LogP contribution in [0.1, 0.15) is 12.6 Å². The SMILES string of the molecule is CCNC(=NCc1cn2ccsc2n1)NCCN1CCOCC1.I. The zero-order valence-corrected chi connectivity index (χ0v) is 17.0. The van der Waals surface area contributed by atoms with E-state index >= 15 is 0 Å². The molecule has 0 bridgehead atoms. The summed E-state index contributed by atoms with van der Waals surface area (Å²) < 4.78 is 7.40. The lowest BCUT2D eigenvalue weighted by molar-refractivity contribution is 0.0389. The second-order valence-corrected chi connectivity index (χ2v) is 6.27. The monoisotopic (exact) mass is 464 g/mol. The molecule has 1 aliphatic rings. The van der Waals surface area contributed by atoms with E-state index in [9.17, 15) is 0 Å². The van der Waals surface area contributed by atoms with Crippen molar-refractivity contribution in [1.82, 2.24) is 24.9 Å². The maximum atomic E-state index is 5.37. The number of halogens is 1. The molecular weight excluding hydrogens is 439 g/mol. The Kier molecular flexibility index (Phi) is 8.22. The lowest BCUT2D eigenvalue weighted by atomic mass is 10.4. The highest BCUT2D eigenvalue weighted by Gasteiger charge is 2.09. The molecule has 1 aliphatic heterocycles. The number of morpholine rings is 1. The van der Waals surface area contributed by atoms with Gasteiger partial charge in [-0.25, -0.2) is 9.98 Å². The predicted octanol–water partition coefficient (Wildman–Crippen LogP) is 1.40. The second-order valence-electron chi connectivity index (χ2n) is 5.40. The molecule has 0 atom stereocenters. The first-order valence-corrected chi connectivity index (χ1v) is 8.96. The van der Waals surface area contributed by atoms with Crippen LogP contribution in [0.15, 0.2) is 22.8 Å². The summed E-state index contributed by atoms with van der Waals surface area (Å²) in [5, 5.41) is 8.71. The summed E-state index contributed by atoms with van der Waals surface area (Å²) in [6.07, 6.45) is 4.05. The van der Waals surface area contributed by atoms with Crippen molar-refractivity contribution in [1.29, 1.82) is 0 Å². The number of nitrogens with one attached hydrogen (secondary N) is 2. The van der Waals surface area contributed by atoms with Crippen LogP contribution in [0.5, 0.6) is 0 Å². The van der Waals surface area contributed by atoms with E-state index in [1.54, 1.807) is 11.3 Å². The summed E-state index contributed by atoms with van der Waals surface area (Å²) in [7, 11) is 0. The third-order valence-electron chi connectivity index (χ3n) is 3.71. The number of ether oxygens (including phenoxy) is 1. The van der Waals surface area contributed by atoms with Gasteiger partial charge in [-0.05, 0) is 6.92 Å². The molecule has 24 heavy (non-hydrogen) atoms. The van der Waals surface area contributed by atoms with Crippen molar-refractivity contribution in [2.75, 3.05) is 45.9 Å². The van der Waals surface area contributed by atoms with Crippen LogP contribution in [-0.2, 0) is 11.3 Å². The number of guanidine groups is 1. The van der Waals surface area contributed by atoms with Gasteiger partial charge in [0.05, 0.1) is 25.5 Å². The number of thiazole rings is 1. The normalized spacial score (nSPS) is 16.1. The maximum absolute atomic E-state index is 5.37. The number of nitrogens with zero attached hydrogens (tertiary/aromatic N) is 4. The fourth-order valence-electron chi connectivity index (χ4n) is 2.51. The Bertz CT molecular complexity index is 608. The van der Waals surface area contributed by atoms with Crippen molar-refractivity contribution >= 4 is 46.2 Å². The number of hydrogen-bond donors (Lipinski definition) is 2. The molecule has 2 N–H and O–H groups in total. The van der Waals surface area contributed by atoms with Crippen LogP contribution in [0.4, 0.5) is 0 Å². The minimum Gasteiger partial charge on any atom is -0.379 e. The average molecular weight is 464 g/mol. The van der Waals surface area contributed by atoms with Crippen LogP contribution in [0, 0.1) is 0 Å². The number of hydrogen-bond acceptors (Lipinski definition) is 5. The van der Waals surface area contributed by atoms with Crippen LogP contribution >= 0.6 is 35.3 Å². The largest absolute Gasteiger partial charge is 0.379 e. The topological polar surface area (TPSA) is 66.2 Å². The van der Waals surface area contributed by atoms with Gasteiger partial charge in [0.25, 0.3) is 0 Å². The molecule has 0 unspecified atom stereocenters. The minimum atomic E-state index is 0. The average Bonchev–Trinajstić information content (AvgIpc) is 3.15. The smallest absolute Gasteiger partial charge is 0.193 e. The summed E-state index contributed by atoms with van der Waals surface area (Å²) in [5.41, 5.74) is 0.988. The highest BCUT2D eigenvalue weighted by Crippen LogP contribution is 2.11. The molecule has 134 valence electrons. The molecule has 0 radical (unpaired) electrons. The Morgan fingerprint density at radius 3 is 2.96 bits per heavy atom. The van der Waals surface area contributed by atoms with Crippen LogP contribution in [0.2, 0.25) is 0 Å². The number of imidazole rings is 1. The Morgan fingerprint density at radius 1 is 1.38 bits per heavy atom. The molecule has 0 aliphatic carbocycles. The van der Waals surface area contributed by atoms with Crippen molar-refractivity contribution in [3.63, 3.8) is 0 Å². The summed E-state index contributed by atoms with van der Waals surface area (Å²) in [6, 6.07) is 0. The summed E-state index contributed by atoms with van der Waals surface area (Å²) >= 11 is 1.64. The van der Waals surface area contributed by atoms with Crippen molar-refractivity contribution in [3.05, 3.63) is 23.5 Å². The standard InChI is InChI=1S/C15H24N6OS.HI/c1-2-16-14(17-3-4-20-5-8-22-9-6-20)18-11-13-12-21-7-10-23-15(21)19-13;/h7,10,12H,2-6,8-9,11H2,1H3,(H2,16,17,18);1H. The lowest BCUT2D eigenvalue weighted by Crippen LogP contribution is -2.44. The van der Waals surface area contributed by atoms with Gasteiger partial charge >= 0.3 is 0 Å². The van der Waals surface area contributed by atoms with Gasteiger partial charge in [-0.1, -0.05) is 0 Å². The van der Waals surface area contributed by atoms with Crippen LogP contribution < -0.4 is 10.6 Å². The molecule has 7 nitrogen and oxygen atoms in total. The van der Waals surface area contributed by atoms with Gasteiger partial charge in [-0.15, -0.1) is 35.3 Å². The molecule has 3 rings (SSSR count). The number of rotatable bonds is 6. The van der Waals surface area contributed by atoms with Crippen molar-refractivity contribution in [3.8, 4) is 0 Å². The van der Waals surface area contributed by atoms with Gasteiger partial charge in [0, 0.05) is 50.5 Å². The molecule has 0 spiro atoms. The molecule has 3 heterocycles. The molecule has 0 saturated carbocycles. The molecule has 0 aromatic carbocycles. The van der Waals surface area contributed by atoms with E-state index in [4.69, 9.17) is 4.74 Å². The molecular formula is C15H25IN6OS. The molecule has 2 aromatic heterocycles. The van der Waals surface area contributed by atoms with E-state index in [0.29, 0.717) is 6.54 Å². The van der Waals surface area contributed by atoms with Crippen LogP contribution in [-0.4, -0.2) is 66.2 Å². The predicted molar refractivity (Wildman–Crippen MR) is 109 cm³/mol. The quantitative estimate of drug-likeness (QED) is 0.385. The molecule has 0 amide bonds. The Labute approximate surface area is 163 Å². The molecule has 1 saturated heterocycles. The highest BCUT2D eigenvalue weighted by atomic mass is 127. The third-order valence-corrected chi connectivity index (χ3v) is 4.48. The molecule has 1 fully saturated rings. The van der Waals surface area contributed by atoms with Crippen molar-refractivity contribution < 1.29 is 4.74 Å². The molecule has 9 heteroatoms. The zero-order chi connectivity index (χ0) is 15.9. The third kappa shape index (κ3) is 5.57. The van der Waals surface area contributed by atoms with Gasteiger partial charge in [-0.2, -0.15) is 0 Å².